The van der Waals surface area contributed by atoms with Crippen LogP contribution in [0.5, 0.6) is 0 Å². The van der Waals surface area contributed by atoms with Crippen LogP contribution in [0.15, 0.2) is 91.0 Å². The summed E-state index contributed by atoms with van der Waals surface area (Å²) in [6.45, 7) is 2.08. The summed E-state index contributed by atoms with van der Waals surface area (Å²) in [5, 5.41) is 0. The Kier molecular flexibility index (Phi) is 4.94. The van der Waals surface area contributed by atoms with Crippen LogP contribution in [0.4, 0.5) is 0 Å². The SMILES string of the molecule is COC(=O)C(c1ccccc1)c1cc(-c2ccc(C)cc2)c2cccccc1-2. The molecule has 2 nitrogen and oxygen atoms in total. The van der Waals surface area contributed by atoms with E-state index in [4.69, 9.17) is 4.74 Å². The number of carbonyl (C=O) groups is 1. The van der Waals surface area contributed by atoms with Crippen LogP contribution in [0.1, 0.15) is 22.6 Å². The summed E-state index contributed by atoms with van der Waals surface area (Å²) in [6, 6.07) is 30.8. The third kappa shape index (κ3) is 3.29. The topological polar surface area (TPSA) is 26.3 Å². The first-order valence-electron chi connectivity index (χ1n) is 9.40. The van der Waals surface area contributed by atoms with E-state index in [1.807, 2.05) is 48.5 Å². The summed E-state index contributed by atoms with van der Waals surface area (Å²) >= 11 is 0. The summed E-state index contributed by atoms with van der Waals surface area (Å²) in [5.41, 5.74) is 7.61. The van der Waals surface area contributed by atoms with Crippen molar-refractivity contribution < 1.29 is 9.53 Å². The summed E-state index contributed by atoms with van der Waals surface area (Å²) in [7, 11) is 1.45. The number of aryl methyl sites for hydroxylation is 1. The molecule has 1 unspecified atom stereocenters. The van der Waals surface area contributed by atoms with Crippen LogP contribution in [0.2, 0.25) is 0 Å². The summed E-state index contributed by atoms with van der Waals surface area (Å²) < 4.78 is 5.19. The molecule has 0 N–H and O–H groups in total. The zero-order valence-electron chi connectivity index (χ0n) is 16.1. The highest BCUT2D eigenvalue weighted by Gasteiger charge is 2.29. The lowest BCUT2D eigenvalue weighted by Crippen LogP contribution is -2.15. The molecule has 2 aliphatic rings. The predicted molar refractivity (Wildman–Crippen MR) is 114 cm³/mol. The van der Waals surface area contributed by atoms with Gasteiger partial charge >= 0.3 is 5.97 Å². The van der Waals surface area contributed by atoms with Gasteiger partial charge < -0.3 is 4.74 Å². The zero-order chi connectivity index (χ0) is 19.5. The zero-order valence-corrected chi connectivity index (χ0v) is 16.1. The molecule has 2 aliphatic carbocycles. The minimum Gasteiger partial charge on any atom is -0.468 e. The molecule has 0 saturated heterocycles. The van der Waals surface area contributed by atoms with E-state index in [9.17, 15) is 4.79 Å². The van der Waals surface area contributed by atoms with Crippen molar-refractivity contribution in [3.63, 3.8) is 0 Å². The highest BCUT2D eigenvalue weighted by atomic mass is 16.5. The molecular formula is C26H22O2. The second-order valence-corrected chi connectivity index (χ2v) is 6.98. The van der Waals surface area contributed by atoms with Crippen molar-refractivity contribution in [1.82, 2.24) is 0 Å². The van der Waals surface area contributed by atoms with Crippen molar-refractivity contribution >= 4 is 5.97 Å². The van der Waals surface area contributed by atoms with E-state index < -0.39 is 5.92 Å². The molecule has 0 amide bonds. The Morgan fingerprint density at radius 1 is 0.750 bits per heavy atom. The van der Waals surface area contributed by atoms with Crippen LogP contribution >= 0.6 is 0 Å². The van der Waals surface area contributed by atoms with Crippen molar-refractivity contribution in [3.05, 3.63) is 108 Å². The average Bonchev–Trinajstić information content (AvgIpc) is 2.90. The molecule has 0 aromatic heterocycles. The van der Waals surface area contributed by atoms with E-state index in [0.29, 0.717) is 0 Å². The lowest BCUT2D eigenvalue weighted by molar-refractivity contribution is -0.141. The molecular weight excluding hydrogens is 344 g/mol. The molecule has 0 aliphatic heterocycles. The van der Waals surface area contributed by atoms with Crippen molar-refractivity contribution in [2.45, 2.75) is 12.8 Å². The molecule has 0 fully saturated rings. The van der Waals surface area contributed by atoms with Gasteiger partial charge in [-0.3, -0.25) is 4.79 Å². The number of carbonyl (C=O) groups excluding carboxylic acids is 1. The first-order chi connectivity index (χ1) is 13.7. The van der Waals surface area contributed by atoms with Gasteiger partial charge in [-0.15, -0.1) is 0 Å². The number of benzene rings is 2. The number of esters is 1. The summed E-state index contributed by atoms with van der Waals surface area (Å²) in [4.78, 5) is 12.8. The van der Waals surface area contributed by atoms with Gasteiger partial charge in [0.05, 0.1) is 7.11 Å². The van der Waals surface area contributed by atoms with Gasteiger partial charge in [0.2, 0.25) is 0 Å². The number of ether oxygens (including phenoxy) is 1. The number of methoxy groups -OCH3 is 1. The average molecular weight is 366 g/mol. The first kappa shape index (κ1) is 18.0. The lowest BCUT2D eigenvalue weighted by atomic mass is 9.90. The molecule has 0 saturated carbocycles. The molecule has 2 aromatic rings. The van der Waals surface area contributed by atoms with Gasteiger partial charge in [0.1, 0.15) is 5.92 Å². The molecule has 4 rings (SSSR count). The van der Waals surface area contributed by atoms with Crippen molar-refractivity contribution in [1.29, 1.82) is 0 Å². The number of hydrogen-bond donors (Lipinski definition) is 0. The molecule has 0 radical (unpaired) electrons. The fourth-order valence-electron chi connectivity index (χ4n) is 3.76. The molecule has 1 atom stereocenters. The lowest BCUT2D eigenvalue weighted by Gasteiger charge is -2.15. The maximum absolute atomic E-state index is 12.8. The molecule has 138 valence electrons. The van der Waals surface area contributed by atoms with Crippen LogP contribution in [0, 0.1) is 6.92 Å². The molecule has 0 bridgehead atoms. The van der Waals surface area contributed by atoms with Gasteiger partial charge in [-0.25, -0.2) is 0 Å². The maximum atomic E-state index is 12.8. The largest absolute Gasteiger partial charge is 0.468 e. The van der Waals surface area contributed by atoms with Crippen LogP contribution < -0.4 is 0 Å². The Bertz CT molecular complexity index is 1070. The molecule has 0 spiro atoms. The van der Waals surface area contributed by atoms with Crippen LogP contribution in [0.3, 0.4) is 0 Å². The van der Waals surface area contributed by atoms with Crippen LogP contribution in [0.25, 0.3) is 22.3 Å². The quantitative estimate of drug-likeness (QED) is 0.410. The second kappa shape index (κ2) is 7.69. The molecule has 28 heavy (non-hydrogen) atoms. The highest BCUT2D eigenvalue weighted by molar-refractivity contribution is 5.94. The van der Waals surface area contributed by atoms with E-state index in [-0.39, 0.29) is 5.97 Å². The van der Waals surface area contributed by atoms with Crippen molar-refractivity contribution in [3.8, 4) is 22.3 Å². The molecule has 2 aromatic carbocycles. The Morgan fingerprint density at radius 2 is 1.36 bits per heavy atom. The fraction of sp³-hybridized carbons (Fsp3) is 0.115. The van der Waals surface area contributed by atoms with E-state index in [1.165, 1.54) is 12.7 Å². The second-order valence-electron chi connectivity index (χ2n) is 6.98. The predicted octanol–water partition coefficient (Wildman–Crippen LogP) is 6.07. The van der Waals surface area contributed by atoms with Gasteiger partial charge in [-0.1, -0.05) is 90.5 Å². The molecule has 2 heteroatoms. The smallest absolute Gasteiger partial charge is 0.317 e. The van der Waals surface area contributed by atoms with E-state index in [2.05, 4.69) is 49.4 Å². The standard InChI is InChI=1S/C26H22O2/c1-18-13-15-19(16-14-18)23-17-24(22-12-8-4-7-11-21(22)23)25(26(27)28-2)20-9-5-3-6-10-20/h3-17,25H,1-2H3. The Morgan fingerprint density at radius 3 is 2.00 bits per heavy atom. The van der Waals surface area contributed by atoms with Gasteiger partial charge in [-0.2, -0.15) is 0 Å². The first-order valence-corrected chi connectivity index (χ1v) is 9.40. The van der Waals surface area contributed by atoms with Gasteiger partial charge in [0.15, 0.2) is 0 Å². The van der Waals surface area contributed by atoms with E-state index in [1.54, 1.807) is 0 Å². The van der Waals surface area contributed by atoms with E-state index in [0.717, 1.165) is 33.4 Å². The Balaban J connectivity index is 1.96. The monoisotopic (exact) mass is 366 g/mol. The van der Waals surface area contributed by atoms with Gasteiger partial charge in [0, 0.05) is 0 Å². The van der Waals surface area contributed by atoms with E-state index >= 15 is 0 Å². The third-order valence-electron chi connectivity index (χ3n) is 5.18. The third-order valence-corrected chi connectivity index (χ3v) is 5.18. The fourth-order valence-corrected chi connectivity index (χ4v) is 3.76. The normalized spacial score (nSPS) is 11.9. The van der Waals surface area contributed by atoms with Crippen molar-refractivity contribution in [2.24, 2.45) is 0 Å². The van der Waals surface area contributed by atoms with Crippen molar-refractivity contribution in [2.75, 3.05) is 7.11 Å². The summed E-state index contributed by atoms with van der Waals surface area (Å²) in [6.07, 6.45) is 0. The van der Waals surface area contributed by atoms with Crippen LogP contribution in [-0.4, -0.2) is 13.1 Å². The van der Waals surface area contributed by atoms with Gasteiger partial charge in [0.25, 0.3) is 0 Å². The maximum Gasteiger partial charge on any atom is 0.317 e. The number of rotatable bonds is 4. The Labute approximate surface area is 165 Å². The molecule has 0 heterocycles. The minimum absolute atomic E-state index is 0.250. The summed E-state index contributed by atoms with van der Waals surface area (Å²) in [5.74, 6) is -0.713. The number of fused-ring (bicyclic) bond motifs is 1. The van der Waals surface area contributed by atoms with Gasteiger partial charge in [-0.05, 0) is 46.4 Å². The minimum atomic E-state index is -0.463. The Hall–Kier alpha value is -3.39. The number of hydrogen-bond acceptors (Lipinski definition) is 2. The van der Waals surface area contributed by atoms with Crippen LogP contribution in [-0.2, 0) is 9.53 Å². The highest BCUT2D eigenvalue weighted by Crippen LogP contribution is 2.43.